The Balaban J connectivity index is 3.05. The van der Waals surface area contributed by atoms with E-state index in [2.05, 4.69) is 38.2 Å². The molecule has 0 heterocycles. The highest BCUT2D eigenvalue weighted by Crippen LogP contribution is 2.08. The SMILES string of the molecule is [CH2]CC=CCC=CCCCCCCCCC. The molecule has 0 aromatic heterocycles. The van der Waals surface area contributed by atoms with Crippen LogP contribution in [0.2, 0.25) is 0 Å². The van der Waals surface area contributed by atoms with Crippen LogP contribution < -0.4 is 0 Å². The molecule has 0 aromatic rings. The first-order chi connectivity index (χ1) is 7.91. The maximum Gasteiger partial charge on any atom is -0.0169 e. The van der Waals surface area contributed by atoms with Crippen molar-refractivity contribution in [2.24, 2.45) is 0 Å². The summed E-state index contributed by atoms with van der Waals surface area (Å²) in [6, 6.07) is 0. The molecule has 93 valence electrons. The first-order valence-corrected chi connectivity index (χ1v) is 7.01. The lowest BCUT2D eigenvalue weighted by atomic mass is 10.1. The summed E-state index contributed by atoms with van der Waals surface area (Å²) in [6.45, 7) is 6.04. The van der Waals surface area contributed by atoms with Gasteiger partial charge in [0.1, 0.15) is 0 Å². The van der Waals surface area contributed by atoms with E-state index >= 15 is 0 Å². The minimum atomic E-state index is 0.908. The van der Waals surface area contributed by atoms with Crippen LogP contribution in [0.25, 0.3) is 0 Å². The van der Waals surface area contributed by atoms with Gasteiger partial charge in [0.15, 0.2) is 0 Å². The van der Waals surface area contributed by atoms with Crippen LogP contribution in [0.15, 0.2) is 24.3 Å². The van der Waals surface area contributed by atoms with E-state index in [1.807, 2.05) is 0 Å². The lowest BCUT2D eigenvalue weighted by molar-refractivity contribution is 0.592. The highest BCUT2D eigenvalue weighted by molar-refractivity contribution is 4.92. The average Bonchev–Trinajstić information content (AvgIpc) is 2.31. The summed E-state index contributed by atoms with van der Waals surface area (Å²) in [5, 5.41) is 0. The van der Waals surface area contributed by atoms with Crippen molar-refractivity contribution in [3.63, 3.8) is 0 Å². The third kappa shape index (κ3) is 13.5. The number of hydrogen-bond donors (Lipinski definition) is 0. The van der Waals surface area contributed by atoms with E-state index < -0.39 is 0 Å². The second-order valence-corrected chi connectivity index (χ2v) is 4.38. The lowest BCUT2D eigenvalue weighted by Crippen LogP contribution is -1.78. The number of rotatable bonds is 11. The minimum absolute atomic E-state index is 0.908. The van der Waals surface area contributed by atoms with Crippen molar-refractivity contribution in [1.82, 2.24) is 0 Å². The summed E-state index contributed by atoms with van der Waals surface area (Å²) in [4.78, 5) is 0. The number of unbranched alkanes of at least 4 members (excludes halogenated alkanes) is 7. The highest BCUT2D eigenvalue weighted by Gasteiger charge is 1.88. The number of hydrogen-bond acceptors (Lipinski definition) is 0. The van der Waals surface area contributed by atoms with Gasteiger partial charge in [-0.15, -0.1) is 0 Å². The van der Waals surface area contributed by atoms with Crippen LogP contribution in [-0.2, 0) is 0 Å². The van der Waals surface area contributed by atoms with Crippen molar-refractivity contribution in [2.75, 3.05) is 0 Å². The van der Waals surface area contributed by atoms with Crippen molar-refractivity contribution in [1.29, 1.82) is 0 Å². The van der Waals surface area contributed by atoms with E-state index in [0.29, 0.717) is 0 Å². The second kappa shape index (κ2) is 14.5. The summed E-state index contributed by atoms with van der Waals surface area (Å²) in [5.41, 5.74) is 0. The molecular weight excluding hydrogens is 192 g/mol. The van der Waals surface area contributed by atoms with Gasteiger partial charge in [0.05, 0.1) is 0 Å². The molecule has 0 heteroatoms. The fourth-order valence-corrected chi connectivity index (χ4v) is 1.73. The zero-order valence-electron chi connectivity index (χ0n) is 11.1. The largest absolute Gasteiger partial charge is 0.0882 e. The standard InChI is InChI=1S/C16H29/c1-3-5-7-9-11-13-15-16-14-12-10-8-6-4-2/h5,7,11,13H,1,3-4,6,8-10,12,14-16H2,2H3. The van der Waals surface area contributed by atoms with Gasteiger partial charge in [0, 0.05) is 0 Å². The molecule has 0 aliphatic rings. The molecule has 0 bridgehead atoms. The smallest absolute Gasteiger partial charge is 0.0169 e. The van der Waals surface area contributed by atoms with Crippen molar-refractivity contribution in [3.05, 3.63) is 31.2 Å². The Bertz CT molecular complexity index is 165. The van der Waals surface area contributed by atoms with Gasteiger partial charge in [-0.2, -0.15) is 0 Å². The first kappa shape index (κ1) is 15.5. The van der Waals surface area contributed by atoms with Gasteiger partial charge in [0.25, 0.3) is 0 Å². The molecule has 0 aromatic carbocycles. The fourth-order valence-electron chi connectivity index (χ4n) is 1.73. The van der Waals surface area contributed by atoms with Gasteiger partial charge in [-0.05, 0) is 32.6 Å². The molecule has 0 saturated carbocycles. The molecule has 0 rings (SSSR count). The molecule has 0 amide bonds. The minimum Gasteiger partial charge on any atom is -0.0882 e. The molecular formula is C16H29. The molecule has 0 nitrogen and oxygen atoms in total. The molecule has 0 saturated heterocycles. The van der Waals surface area contributed by atoms with Gasteiger partial charge in [-0.3, -0.25) is 0 Å². The predicted molar refractivity (Wildman–Crippen MR) is 75.5 cm³/mol. The predicted octanol–water partition coefficient (Wildman–Crippen LogP) is 5.85. The van der Waals surface area contributed by atoms with Crippen LogP contribution in [-0.4, -0.2) is 0 Å². The summed E-state index contributed by atoms with van der Waals surface area (Å²) >= 11 is 0. The third-order valence-electron chi connectivity index (χ3n) is 2.75. The van der Waals surface area contributed by atoms with Crippen LogP contribution >= 0.6 is 0 Å². The monoisotopic (exact) mass is 221 g/mol. The zero-order chi connectivity index (χ0) is 11.9. The topological polar surface area (TPSA) is 0 Å². The summed E-state index contributed by atoms with van der Waals surface area (Å²) in [7, 11) is 0. The molecule has 0 unspecified atom stereocenters. The molecule has 0 N–H and O–H groups in total. The van der Waals surface area contributed by atoms with Gasteiger partial charge in [0.2, 0.25) is 0 Å². The van der Waals surface area contributed by atoms with E-state index in [4.69, 9.17) is 0 Å². The maximum absolute atomic E-state index is 3.76. The summed E-state index contributed by atoms with van der Waals surface area (Å²) in [5.74, 6) is 0. The van der Waals surface area contributed by atoms with Crippen molar-refractivity contribution < 1.29 is 0 Å². The molecule has 0 aliphatic heterocycles. The third-order valence-corrected chi connectivity index (χ3v) is 2.75. The fraction of sp³-hybridized carbons (Fsp3) is 0.688. The van der Waals surface area contributed by atoms with Crippen molar-refractivity contribution >= 4 is 0 Å². The maximum atomic E-state index is 3.76. The Morgan fingerprint density at radius 2 is 1.38 bits per heavy atom. The zero-order valence-corrected chi connectivity index (χ0v) is 11.1. The van der Waals surface area contributed by atoms with Gasteiger partial charge in [-0.25, -0.2) is 0 Å². The van der Waals surface area contributed by atoms with E-state index in [1.165, 1.54) is 51.4 Å². The van der Waals surface area contributed by atoms with Crippen LogP contribution in [0.5, 0.6) is 0 Å². The van der Waals surface area contributed by atoms with E-state index in [1.54, 1.807) is 0 Å². The van der Waals surface area contributed by atoms with Crippen LogP contribution in [0, 0.1) is 6.92 Å². The van der Waals surface area contributed by atoms with E-state index in [9.17, 15) is 0 Å². The quantitative estimate of drug-likeness (QED) is 0.303. The summed E-state index contributed by atoms with van der Waals surface area (Å²) < 4.78 is 0. The Hall–Kier alpha value is -0.520. The molecule has 0 spiro atoms. The second-order valence-electron chi connectivity index (χ2n) is 4.38. The molecule has 0 fully saturated rings. The Kier molecular flexibility index (Phi) is 14.0. The van der Waals surface area contributed by atoms with E-state index in [-0.39, 0.29) is 0 Å². The lowest BCUT2D eigenvalue weighted by Gasteiger charge is -1.98. The molecule has 0 atom stereocenters. The highest BCUT2D eigenvalue weighted by atomic mass is 13.9. The van der Waals surface area contributed by atoms with Crippen molar-refractivity contribution in [2.45, 2.75) is 71.1 Å². The van der Waals surface area contributed by atoms with Gasteiger partial charge < -0.3 is 0 Å². The van der Waals surface area contributed by atoms with Crippen molar-refractivity contribution in [3.8, 4) is 0 Å². The molecule has 0 aliphatic carbocycles. The molecule has 1 radical (unpaired) electrons. The average molecular weight is 221 g/mol. The summed E-state index contributed by atoms with van der Waals surface area (Å²) in [6.07, 6.45) is 22.0. The molecule has 16 heavy (non-hydrogen) atoms. The van der Waals surface area contributed by atoms with Crippen LogP contribution in [0.3, 0.4) is 0 Å². The Morgan fingerprint density at radius 3 is 2.06 bits per heavy atom. The van der Waals surface area contributed by atoms with Gasteiger partial charge >= 0.3 is 0 Å². The number of allylic oxidation sites excluding steroid dienone is 4. The Morgan fingerprint density at radius 1 is 0.750 bits per heavy atom. The van der Waals surface area contributed by atoms with E-state index in [0.717, 1.165) is 12.8 Å². The van der Waals surface area contributed by atoms with Gasteiger partial charge in [-0.1, -0.05) is 69.8 Å². The van der Waals surface area contributed by atoms with Crippen LogP contribution in [0.1, 0.15) is 71.1 Å². The van der Waals surface area contributed by atoms with Crippen LogP contribution in [0.4, 0.5) is 0 Å². The normalized spacial score (nSPS) is 11.9. The Labute approximate surface area is 103 Å². The first-order valence-electron chi connectivity index (χ1n) is 7.01.